The molecule has 5 rings (SSSR count). The lowest BCUT2D eigenvalue weighted by molar-refractivity contribution is -0.133. The average molecular weight is 436 g/mol. The minimum atomic E-state index is -0.326. The van der Waals surface area contributed by atoms with E-state index in [1.165, 1.54) is 23.2 Å². The molecule has 1 saturated heterocycles. The second-order valence-corrected chi connectivity index (χ2v) is 7.46. The maximum atomic E-state index is 12.7. The summed E-state index contributed by atoms with van der Waals surface area (Å²) in [5.74, 6) is 1.15. The van der Waals surface area contributed by atoms with Crippen molar-refractivity contribution in [1.82, 2.24) is 19.4 Å². The van der Waals surface area contributed by atoms with Gasteiger partial charge in [-0.3, -0.25) is 19.0 Å². The maximum absolute atomic E-state index is 12.7. The number of hydrogen-bond donors (Lipinski definition) is 0. The van der Waals surface area contributed by atoms with E-state index in [4.69, 9.17) is 13.9 Å². The fourth-order valence-corrected chi connectivity index (χ4v) is 3.72. The van der Waals surface area contributed by atoms with Crippen molar-refractivity contribution < 1.29 is 23.5 Å². The highest BCUT2D eigenvalue weighted by atomic mass is 16.7. The molecule has 1 aromatic carbocycles. The van der Waals surface area contributed by atoms with Crippen molar-refractivity contribution in [3.05, 3.63) is 65.1 Å². The first-order chi connectivity index (χ1) is 15.6. The number of carbonyl (C=O) groups is 2. The molecule has 4 heterocycles. The molecule has 2 amide bonds. The van der Waals surface area contributed by atoms with Gasteiger partial charge in [0.05, 0.1) is 18.3 Å². The van der Waals surface area contributed by atoms with Crippen LogP contribution in [-0.4, -0.2) is 64.1 Å². The SMILES string of the molecule is O=C(Cn1cnc(-c2ccc3c(c2)OCO3)cc1=O)N1CCN(C(=O)c2ccco2)CC1. The van der Waals surface area contributed by atoms with Crippen LogP contribution in [0, 0.1) is 0 Å². The van der Waals surface area contributed by atoms with E-state index in [1.807, 2.05) is 0 Å². The molecule has 0 spiro atoms. The predicted octanol–water partition coefficient (Wildman–Crippen LogP) is 1.22. The van der Waals surface area contributed by atoms with Gasteiger partial charge in [0, 0.05) is 37.8 Å². The summed E-state index contributed by atoms with van der Waals surface area (Å²) in [5, 5.41) is 0. The van der Waals surface area contributed by atoms with Crippen LogP contribution in [-0.2, 0) is 11.3 Å². The molecule has 164 valence electrons. The smallest absolute Gasteiger partial charge is 0.289 e. The zero-order valence-electron chi connectivity index (χ0n) is 17.1. The Balaban J connectivity index is 1.21. The molecule has 10 heteroatoms. The van der Waals surface area contributed by atoms with E-state index in [9.17, 15) is 14.4 Å². The minimum absolute atomic E-state index is 0.112. The van der Waals surface area contributed by atoms with E-state index in [0.29, 0.717) is 43.4 Å². The van der Waals surface area contributed by atoms with Gasteiger partial charge in [0.15, 0.2) is 17.3 Å². The standard InChI is InChI=1S/C22H20N4O6/c27-20-11-16(15-3-4-17-19(10-15)32-14-31-17)23-13-26(20)12-21(28)24-5-7-25(8-6-24)22(29)18-2-1-9-30-18/h1-4,9-11,13H,5-8,12,14H2. The molecule has 2 aliphatic rings. The van der Waals surface area contributed by atoms with Crippen LogP contribution in [0.4, 0.5) is 0 Å². The van der Waals surface area contributed by atoms with Crippen molar-refractivity contribution in [1.29, 1.82) is 0 Å². The van der Waals surface area contributed by atoms with Crippen molar-refractivity contribution >= 4 is 11.8 Å². The molecule has 0 N–H and O–H groups in total. The molecule has 0 bridgehead atoms. The lowest BCUT2D eigenvalue weighted by Gasteiger charge is -2.34. The van der Waals surface area contributed by atoms with E-state index < -0.39 is 0 Å². The molecule has 2 aliphatic heterocycles. The number of hydrogen-bond acceptors (Lipinski definition) is 7. The average Bonchev–Trinajstić information content (AvgIpc) is 3.51. The second kappa shape index (κ2) is 8.22. The van der Waals surface area contributed by atoms with Gasteiger partial charge in [-0.25, -0.2) is 4.98 Å². The first kappa shape index (κ1) is 19.9. The molecule has 0 saturated carbocycles. The number of amides is 2. The van der Waals surface area contributed by atoms with Crippen LogP contribution in [0.3, 0.4) is 0 Å². The Morgan fingerprint density at radius 1 is 0.969 bits per heavy atom. The lowest BCUT2D eigenvalue weighted by atomic mass is 10.1. The third kappa shape index (κ3) is 3.82. The predicted molar refractivity (Wildman–Crippen MR) is 111 cm³/mol. The molecule has 0 aliphatic carbocycles. The Labute approximate surface area is 182 Å². The number of aromatic nitrogens is 2. The van der Waals surface area contributed by atoms with Crippen LogP contribution < -0.4 is 15.0 Å². The maximum Gasteiger partial charge on any atom is 0.289 e. The number of piperazine rings is 1. The third-order valence-corrected chi connectivity index (χ3v) is 5.50. The molecule has 2 aromatic heterocycles. The second-order valence-electron chi connectivity index (χ2n) is 7.46. The number of furan rings is 1. The van der Waals surface area contributed by atoms with Gasteiger partial charge in [0.25, 0.3) is 11.5 Å². The number of carbonyl (C=O) groups excluding carboxylic acids is 2. The van der Waals surface area contributed by atoms with Crippen LogP contribution >= 0.6 is 0 Å². The van der Waals surface area contributed by atoms with Crippen molar-refractivity contribution in [3.63, 3.8) is 0 Å². The Bertz CT molecular complexity index is 1210. The van der Waals surface area contributed by atoms with Crippen LogP contribution in [0.5, 0.6) is 11.5 Å². The Hall–Kier alpha value is -4.08. The summed E-state index contributed by atoms with van der Waals surface area (Å²) < 4.78 is 17.1. The van der Waals surface area contributed by atoms with Gasteiger partial charge in [0.2, 0.25) is 12.7 Å². The summed E-state index contributed by atoms with van der Waals surface area (Å²) in [4.78, 5) is 45.2. The highest BCUT2D eigenvalue weighted by Gasteiger charge is 2.26. The summed E-state index contributed by atoms with van der Waals surface area (Å²) in [6.07, 6.45) is 2.83. The number of rotatable bonds is 4. The Kier molecular flexibility index (Phi) is 5.10. The van der Waals surface area contributed by atoms with E-state index in [1.54, 1.807) is 40.1 Å². The summed E-state index contributed by atoms with van der Waals surface area (Å²) in [7, 11) is 0. The number of ether oxygens (including phenoxy) is 2. The van der Waals surface area contributed by atoms with E-state index in [0.717, 1.165) is 5.56 Å². The van der Waals surface area contributed by atoms with E-state index in [-0.39, 0.29) is 36.5 Å². The number of fused-ring (bicyclic) bond motifs is 1. The van der Waals surface area contributed by atoms with Crippen molar-refractivity contribution in [3.8, 4) is 22.8 Å². The van der Waals surface area contributed by atoms with Gasteiger partial charge in [-0.05, 0) is 30.3 Å². The zero-order valence-corrected chi connectivity index (χ0v) is 17.1. The Morgan fingerprint density at radius 2 is 1.75 bits per heavy atom. The van der Waals surface area contributed by atoms with Crippen molar-refractivity contribution in [2.24, 2.45) is 0 Å². The van der Waals surface area contributed by atoms with Crippen LogP contribution in [0.15, 0.2) is 58.2 Å². The molecule has 10 nitrogen and oxygen atoms in total. The molecule has 0 radical (unpaired) electrons. The fraction of sp³-hybridized carbons (Fsp3) is 0.273. The van der Waals surface area contributed by atoms with Gasteiger partial charge in [-0.15, -0.1) is 0 Å². The van der Waals surface area contributed by atoms with E-state index in [2.05, 4.69) is 4.98 Å². The highest BCUT2D eigenvalue weighted by molar-refractivity contribution is 5.91. The summed E-state index contributed by atoms with van der Waals surface area (Å²) in [6.45, 7) is 1.65. The third-order valence-electron chi connectivity index (χ3n) is 5.50. The quantitative estimate of drug-likeness (QED) is 0.605. The summed E-state index contributed by atoms with van der Waals surface area (Å²) >= 11 is 0. The van der Waals surface area contributed by atoms with Crippen LogP contribution in [0.25, 0.3) is 11.3 Å². The normalized spacial score (nSPS) is 15.1. The largest absolute Gasteiger partial charge is 0.459 e. The first-order valence-electron chi connectivity index (χ1n) is 10.2. The monoisotopic (exact) mass is 436 g/mol. The summed E-state index contributed by atoms with van der Waals surface area (Å²) in [5.41, 5.74) is 0.886. The number of benzene rings is 1. The molecular weight excluding hydrogens is 416 g/mol. The molecular formula is C22H20N4O6. The number of nitrogens with zero attached hydrogens (tertiary/aromatic N) is 4. The highest BCUT2D eigenvalue weighted by Crippen LogP contribution is 2.35. The fourth-order valence-electron chi connectivity index (χ4n) is 3.72. The van der Waals surface area contributed by atoms with Gasteiger partial charge in [0.1, 0.15) is 6.54 Å². The zero-order chi connectivity index (χ0) is 22.1. The first-order valence-corrected chi connectivity index (χ1v) is 10.2. The van der Waals surface area contributed by atoms with Crippen molar-refractivity contribution in [2.45, 2.75) is 6.54 Å². The molecule has 32 heavy (non-hydrogen) atoms. The van der Waals surface area contributed by atoms with Gasteiger partial charge in [-0.1, -0.05) is 0 Å². The summed E-state index contributed by atoms with van der Waals surface area (Å²) in [6, 6.07) is 10.0. The minimum Gasteiger partial charge on any atom is -0.459 e. The molecule has 0 unspecified atom stereocenters. The van der Waals surface area contributed by atoms with E-state index >= 15 is 0 Å². The Morgan fingerprint density at radius 3 is 2.50 bits per heavy atom. The lowest BCUT2D eigenvalue weighted by Crippen LogP contribution is -2.51. The van der Waals surface area contributed by atoms with Gasteiger partial charge < -0.3 is 23.7 Å². The molecule has 0 atom stereocenters. The van der Waals surface area contributed by atoms with Crippen LogP contribution in [0.1, 0.15) is 10.6 Å². The molecule has 1 fully saturated rings. The van der Waals surface area contributed by atoms with Gasteiger partial charge in [-0.2, -0.15) is 0 Å². The molecule has 3 aromatic rings. The van der Waals surface area contributed by atoms with Crippen LogP contribution in [0.2, 0.25) is 0 Å². The topological polar surface area (TPSA) is 107 Å². The van der Waals surface area contributed by atoms with Gasteiger partial charge >= 0.3 is 0 Å². The van der Waals surface area contributed by atoms with Crippen molar-refractivity contribution in [2.75, 3.05) is 33.0 Å².